The minimum absolute atomic E-state index is 0.860. The largest absolute Gasteiger partial charge is 0.354 e. The molecule has 0 saturated carbocycles. The first kappa shape index (κ1) is 14.3. The van der Waals surface area contributed by atoms with E-state index in [2.05, 4.69) is 53.1 Å². The van der Waals surface area contributed by atoms with Gasteiger partial charge in [-0.3, -0.25) is 0 Å². The molecule has 0 aliphatic heterocycles. The van der Waals surface area contributed by atoms with E-state index in [1.165, 1.54) is 17.0 Å². The van der Waals surface area contributed by atoms with Crippen LogP contribution in [0, 0.1) is 27.7 Å². The van der Waals surface area contributed by atoms with Crippen LogP contribution in [0.3, 0.4) is 0 Å². The lowest BCUT2D eigenvalue weighted by atomic mass is 10.2. The number of hydrogen-bond acceptors (Lipinski definition) is 2. The first-order valence-electron chi connectivity index (χ1n) is 6.75. The van der Waals surface area contributed by atoms with Crippen LogP contribution >= 0.6 is 0 Å². The van der Waals surface area contributed by atoms with Gasteiger partial charge in [-0.25, -0.2) is 0 Å². The lowest BCUT2D eigenvalue weighted by Gasteiger charge is -2.08. The van der Waals surface area contributed by atoms with Crippen LogP contribution in [0.25, 0.3) is 0 Å². The maximum atomic E-state index is 4.40. The Hall–Kier alpha value is -2.10. The molecule has 0 spiro atoms. The predicted molar refractivity (Wildman–Crippen MR) is 80.9 cm³/mol. The summed E-state index contributed by atoms with van der Waals surface area (Å²) in [5, 5.41) is 9.70. The summed E-state index contributed by atoms with van der Waals surface area (Å²) in [6, 6.07) is 6.07. The summed E-state index contributed by atoms with van der Waals surface area (Å²) in [4.78, 5) is 0. The van der Waals surface area contributed by atoms with Gasteiger partial charge in [0, 0.05) is 31.7 Å². The summed E-state index contributed by atoms with van der Waals surface area (Å²) < 4.78 is 4.15. The number of aryl methyl sites for hydroxylation is 2. The van der Waals surface area contributed by atoms with E-state index in [4.69, 9.17) is 0 Å². The summed E-state index contributed by atoms with van der Waals surface area (Å²) in [6.07, 6.45) is 2.01. The van der Waals surface area contributed by atoms with Crippen molar-refractivity contribution in [3.8, 4) is 0 Å². The predicted octanol–water partition coefficient (Wildman–Crippen LogP) is 2.01. The summed E-state index contributed by atoms with van der Waals surface area (Å²) in [5.74, 6) is 0. The van der Waals surface area contributed by atoms with Crippen molar-refractivity contribution in [3.63, 3.8) is 0 Å². The third-order valence-electron chi connectivity index (χ3n) is 4.07. The van der Waals surface area contributed by atoms with Crippen LogP contribution in [-0.4, -0.2) is 9.13 Å². The quantitative estimate of drug-likeness (QED) is 0.711. The van der Waals surface area contributed by atoms with Crippen molar-refractivity contribution >= 4 is 0 Å². The highest BCUT2D eigenvalue weighted by atomic mass is 15.2. The lowest BCUT2D eigenvalue weighted by molar-refractivity contribution is 0.767. The van der Waals surface area contributed by atoms with Crippen molar-refractivity contribution in [3.05, 3.63) is 57.8 Å². The van der Waals surface area contributed by atoms with Crippen LogP contribution in [0.15, 0.2) is 34.6 Å². The molecule has 4 heteroatoms. The van der Waals surface area contributed by atoms with Crippen LogP contribution in [-0.2, 0) is 14.1 Å². The summed E-state index contributed by atoms with van der Waals surface area (Å²) in [6.45, 7) is 8.35. The maximum absolute atomic E-state index is 4.40. The lowest BCUT2D eigenvalue weighted by Crippen LogP contribution is -2.20. The van der Waals surface area contributed by atoms with Crippen molar-refractivity contribution in [2.75, 3.05) is 0 Å². The molecule has 0 radical (unpaired) electrons. The zero-order chi connectivity index (χ0) is 14.9. The fourth-order valence-corrected chi connectivity index (χ4v) is 2.05. The van der Waals surface area contributed by atoms with Gasteiger partial charge in [-0.05, 0) is 51.0 Å². The average Bonchev–Trinajstić information content (AvgIpc) is 2.43. The Balaban J connectivity index is 2.61. The first-order chi connectivity index (χ1) is 9.41. The number of hydrogen-bond donors (Lipinski definition) is 0. The van der Waals surface area contributed by atoms with E-state index in [0.29, 0.717) is 0 Å². The third-order valence-corrected chi connectivity index (χ3v) is 4.07. The molecule has 0 aliphatic carbocycles. The van der Waals surface area contributed by atoms with E-state index in [0.717, 1.165) is 16.4 Å². The van der Waals surface area contributed by atoms with E-state index in [1.807, 2.05) is 32.4 Å². The number of aromatic nitrogens is 2. The molecule has 2 heterocycles. The molecular weight excluding hydrogens is 248 g/mol. The summed E-state index contributed by atoms with van der Waals surface area (Å²) >= 11 is 0. The molecule has 0 bridgehead atoms. The van der Waals surface area contributed by atoms with Crippen molar-refractivity contribution < 1.29 is 0 Å². The molecule has 0 aliphatic rings. The Bertz CT molecular complexity index is 709. The van der Waals surface area contributed by atoms with Gasteiger partial charge in [0.15, 0.2) is 5.49 Å². The van der Waals surface area contributed by atoms with Gasteiger partial charge in [0.1, 0.15) is 0 Å². The van der Waals surface area contributed by atoms with Crippen molar-refractivity contribution in [1.29, 1.82) is 0 Å². The SMILES string of the molecule is Cc1cc/c(=N/N=c2/ccn(C)c(C)c2C)n(C)c1C. The zero-order valence-electron chi connectivity index (χ0n) is 13.1. The minimum Gasteiger partial charge on any atom is -0.354 e. The third kappa shape index (κ3) is 2.59. The fourth-order valence-electron chi connectivity index (χ4n) is 2.05. The molecule has 106 valence electrons. The highest BCUT2D eigenvalue weighted by Crippen LogP contribution is 2.01. The molecule has 0 N–H and O–H groups in total. The second kappa shape index (κ2) is 5.49. The fraction of sp³-hybridized carbons (Fsp3) is 0.375. The molecule has 0 saturated heterocycles. The van der Waals surface area contributed by atoms with E-state index in [1.54, 1.807) is 0 Å². The molecule has 2 rings (SSSR count). The van der Waals surface area contributed by atoms with Gasteiger partial charge in [-0.2, -0.15) is 0 Å². The Morgan fingerprint density at radius 3 is 2.25 bits per heavy atom. The second-order valence-corrected chi connectivity index (χ2v) is 5.24. The number of rotatable bonds is 1. The maximum Gasteiger partial charge on any atom is 0.155 e. The van der Waals surface area contributed by atoms with Gasteiger partial charge in [-0.1, -0.05) is 6.07 Å². The normalized spacial score (nSPS) is 13.1. The average molecular weight is 270 g/mol. The zero-order valence-corrected chi connectivity index (χ0v) is 13.1. The van der Waals surface area contributed by atoms with Gasteiger partial charge < -0.3 is 9.13 Å². The molecule has 0 fully saturated rings. The molecule has 0 amide bonds. The molecule has 0 unspecified atom stereocenters. The first-order valence-corrected chi connectivity index (χ1v) is 6.75. The van der Waals surface area contributed by atoms with Crippen LogP contribution in [0.1, 0.15) is 22.5 Å². The molecule has 2 aromatic heterocycles. The van der Waals surface area contributed by atoms with Crippen molar-refractivity contribution in [2.45, 2.75) is 27.7 Å². The minimum atomic E-state index is 0.860. The molecule has 20 heavy (non-hydrogen) atoms. The highest BCUT2D eigenvalue weighted by molar-refractivity contribution is 5.18. The molecular formula is C16H22N4. The molecule has 0 atom stereocenters. The van der Waals surface area contributed by atoms with Crippen molar-refractivity contribution in [2.24, 2.45) is 24.3 Å². The van der Waals surface area contributed by atoms with E-state index >= 15 is 0 Å². The number of pyridine rings is 2. The van der Waals surface area contributed by atoms with Crippen LogP contribution in [0.4, 0.5) is 0 Å². The number of nitrogens with zero attached hydrogens (tertiary/aromatic N) is 4. The Kier molecular flexibility index (Phi) is 3.93. The van der Waals surface area contributed by atoms with E-state index in [9.17, 15) is 0 Å². The monoisotopic (exact) mass is 270 g/mol. The molecule has 4 nitrogen and oxygen atoms in total. The topological polar surface area (TPSA) is 34.6 Å². The van der Waals surface area contributed by atoms with Gasteiger partial charge >= 0.3 is 0 Å². The van der Waals surface area contributed by atoms with Gasteiger partial charge in [-0.15, -0.1) is 10.2 Å². The second-order valence-electron chi connectivity index (χ2n) is 5.24. The summed E-state index contributed by atoms with van der Waals surface area (Å²) in [7, 11) is 4.05. The van der Waals surface area contributed by atoms with Crippen LogP contribution < -0.4 is 10.8 Å². The Labute approximate surface area is 119 Å². The van der Waals surface area contributed by atoms with Gasteiger partial charge in [0.25, 0.3) is 0 Å². The highest BCUT2D eigenvalue weighted by Gasteiger charge is 1.98. The van der Waals surface area contributed by atoms with E-state index in [-0.39, 0.29) is 0 Å². The standard InChI is InChI=1S/C16H22N4/c1-11-7-8-16(20(6)13(11)3)18-17-15-9-10-19(5)14(4)12(15)2/h7-10H,1-6H3/b17-15-,18-16-. The van der Waals surface area contributed by atoms with Crippen LogP contribution in [0.5, 0.6) is 0 Å². The molecule has 2 aromatic rings. The van der Waals surface area contributed by atoms with Crippen LogP contribution in [0.2, 0.25) is 0 Å². The summed E-state index contributed by atoms with van der Waals surface area (Å²) in [5.41, 5.74) is 5.67. The van der Waals surface area contributed by atoms with Crippen molar-refractivity contribution in [1.82, 2.24) is 9.13 Å². The van der Waals surface area contributed by atoms with Gasteiger partial charge in [0.05, 0.1) is 5.36 Å². The van der Waals surface area contributed by atoms with Gasteiger partial charge in [0.2, 0.25) is 0 Å². The smallest absolute Gasteiger partial charge is 0.155 e. The molecule has 0 aromatic carbocycles. The van der Waals surface area contributed by atoms with E-state index < -0.39 is 0 Å². The Morgan fingerprint density at radius 2 is 1.55 bits per heavy atom. The Morgan fingerprint density at radius 1 is 0.850 bits per heavy atom.